The summed E-state index contributed by atoms with van der Waals surface area (Å²) in [5.41, 5.74) is -0.443. The fourth-order valence-corrected chi connectivity index (χ4v) is 1.89. The lowest BCUT2D eigenvalue weighted by molar-refractivity contribution is 0.228. The molecule has 0 saturated carbocycles. The Morgan fingerprint density at radius 1 is 1.30 bits per heavy atom. The van der Waals surface area contributed by atoms with Crippen LogP contribution in [0.1, 0.15) is 0 Å². The van der Waals surface area contributed by atoms with Crippen LogP contribution in [-0.2, 0) is 0 Å². The average Bonchev–Trinajstić information content (AvgIpc) is 2.43. The van der Waals surface area contributed by atoms with Crippen molar-refractivity contribution < 1.29 is 5.11 Å². The van der Waals surface area contributed by atoms with E-state index in [4.69, 9.17) is 5.84 Å². The van der Waals surface area contributed by atoms with E-state index in [1.807, 2.05) is 4.98 Å². The number of H-pyrrole nitrogens is 1. The monoisotopic (exact) mass is 274 g/mol. The smallest absolute Gasteiger partial charge is 0.350 e. The second-order valence-corrected chi connectivity index (χ2v) is 4.09. The van der Waals surface area contributed by atoms with Gasteiger partial charge in [0.2, 0.25) is 6.23 Å². The zero-order valence-corrected chi connectivity index (χ0v) is 10.1. The molecule has 1 atom stereocenters. The summed E-state index contributed by atoms with van der Waals surface area (Å²) in [5.74, 6) is 5.69. The molecule has 1 aromatic heterocycles. The van der Waals surface area contributed by atoms with Crippen molar-refractivity contribution in [3.63, 3.8) is 0 Å². The van der Waals surface area contributed by atoms with Gasteiger partial charge in [0.25, 0.3) is 5.56 Å². The Labute approximate surface area is 111 Å². The number of rotatable bonds is 0. The van der Waals surface area contributed by atoms with Gasteiger partial charge in [0, 0.05) is 0 Å². The minimum atomic E-state index is -1.36. The number of anilines is 1. The van der Waals surface area contributed by atoms with E-state index in [1.54, 1.807) is 24.3 Å². The summed E-state index contributed by atoms with van der Waals surface area (Å²) >= 11 is 0. The standard InChI is InChI=1S/C11H10N6O3/c12-16-7-4-2-1-3-6(7)14-9(10(16)19)17-11(20)15-8(18)5-13-17/h1-5,10,19H,12H2,(H,15,18,20). The first-order valence-corrected chi connectivity index (χ1v) is 5.66. The zero-order valence-electron chi connectivity index (χ0n) is 10.1. The maximum atomic E-state index is 11.7. The number of hydrogen-bond acceptors (Lipinski definition) is 7. The molecule has 0 saturated heterocycles. The van der Waals surface area contributed by atoms with Crippen LogP contribution in [0.15, 0.2) is 45.0 Å². The molecular weight excluding hydrogens is 264 g/mol. The molecule has 0 spiro atoms. The molecule has 4 N–H and O–H groups in total. The summed E-state index contributed by atoms with van der Waals surface area (Å²) in [6.07, 6.45) is -0.445. The van der Waals surface area contributed by atoms with Crippen LogP contribution in [0.5, 0.6) is 0 Å². The number of benzene rings is 1. The number of fused-ring (bicyclic) bond motifs is 1. The van der Waals surface area contributed by atoms with Gasteiger partial charge in [-0.3, -0.25) is 14.8 Å². The average molecular weight is 274 g/mol. The van der Waals surface area contributed by atoms with Gasteiger partial charge < -0.3 is 5.11 Å². The maximum absolute atomic E-state index is 11.7. The number of aromatic nitrogens is 3. The van der Waals surface area contributed by atoms with E-state index in [1.165, 1.54) is 0 Å². The number of aromatic amines is 1. The summed E-state index contributed by atoms with van der Waals surface area (Å²) in [5, 5.41) is 14.8. The second kappa shape index (κ2) is 4.40. The van der Waals surface area contributed by atoms with Gasteiger partial charge in [-0.15, -0.1) is 0 Å². The first-order chi connectivity index (χ1) is 9.58. The van der Waals surface area contributed by atoms with E-state index in [2.05, 4.69) is 10.1 Å². The van der Waals surface area contributed by atoms with Gasteiger partial charge in [-0.2, -0.15) is 9.78 Å². The van der Waals surface area contributed by atoms with Crippen LogP contribution in [-0.4, -0.2) is 31.9 Å². The quantitative estimate of drug-likeness (QED) is 0.502. The van der Waals surface area contributed by atoms with E-state index < -0.39 is 17.5 Å². The Balaban J connectivity index is 2.21. The van der Waals surface area contributed by atoms with Crippen LogP contribution in [0.25, 0.3) is 0 Å². The predicted octanol–water partition coefficient (Wildman–Crippen LogP) is -1.48. The molecule has 1 aliphatic heterocycles. The summed E-state index contributed by atoms with van der Waals surface area (Å²) in [4.78, 5) is 28.9. The van der Waals surface area contributed by atoms with Crippen LogP contribution in [0.3, 0.4) is 0 Å². The normalized spacial score (nSPS) is 17.6. The molecule has 0 amide bonds. The van der Waals surface area contributed by atoms with Crippen LogP contribution in [0.4, 0.5) is 11.4 Å². The van der Waals surface area contributed by atoms with Crippen molar-refractivity contribution in [2.75, 3.05) is 5.01 Å². The molecule has 9 nitrogen and oxygen atoms in total. The van der Waals surface area contributed by atoms with Crippen molar-refractivity contribution in [1.29, 1.82) is 0 Å². The number of nitrogens with one attached hydrogen (secondary N) is 1. The zero-order chi connectivity index (χ0) is 14.3. The highest BCUT2D eigenvalue weighted by Crippen LogP contribution is 2.31. The molecule has 3 rings (SSSR count). The highest BCUT2D eigenvalue weighted by molar-refractivity contribution is 5.96. The van der Waals surface area contributed by atoms with Gasteiger partial charge in [-0.05, 0) is 12.1 Å². The number of aliphatic hydroxyl groups excluding tert-OH is 1. The molecule has 2 heterocycles. The Bertz CT molecular complexity index is 808. The number of para-hydroxylation sites is 2. The lowest BCUT2D eigenvalue weighted by Crippen LogP contribution is -2.53. The SMILES string of the molecule is NN1c2ccccc2N=C(n2ncc(=O)[nH]c2=O)C1O. The lowest BCUT2D eigenvalue weighted by atomic mass is 10.2. The first kappa shape index (κ1) is 12.3. The third-order valence-corrected chi connectivity index (χ3v) is 2.82. The number of hydrogen-bond donors (Lipinski definition) is 3. The van der Waals surface area contributed by atoms with Crippen LogP contribution >= 0.6 is 0 Å². The van der Waals surface area contributed by atoms with Crippen LogP contribution in [0.2, 0.25) is 0 Å². The fraction of sp³-hybridized carbons (Fsp3) is 0.0909. The third-order valence-electron chi connectivity index (χ3n) is 2.82. The number of aliphatic hydroxyl groups is 1. The van der Waals surface area contributed by atoms with Gasteiger partial charge in [-0.1, -0.05) is 12.1 Å². The van der Waals surface area contributed by atoms with Gasteiger partial charge in [0.05, 0.1) is 11.4 Å². The Morgan fingerprint density at radius 2 is 2.05 bits per heavy atom. The summed E-state index contributed by atoms with van der Waals surface area (Å²) in [7, 11) is 0. The van der Waals surface area contributed by atoms with Crippen molar-refractivity contribution in [2.45, 2.75) is 6.23 Å². The Hall–Kier alpha value is -2.78. The predicted molar refractivity (Wildman–Crippen MR) is 70.7 cm³/mol. The van der Waals surface area contributed by atoms with E-state index >= 15 is 0 Å². The highest BCUT2D eigenvalue weighted by atomic mass is 16.3. The van der Waals surface area contributed by atoms with E-state index in [0.717, 1.165) is 15.9 Å². The van der Waals surface area contributed by atoms with E-state index in [9.17, 15) is 14.7 Å². The summed E-state index contributed by atoms with van der Waals surface area (Å²) < 4.78 is 0.794. The Kier molecular flexibility index (Phi) is 2.70. The van der Waals surface area contributed by atoms with Gasteiger partial charge in [0.1, 0.15) is 6.20 Å². The van der Waals surface area contributed by atoms with Gasteiger partial charge >= 0.3 is 5.69 Å². The molecule has 0 aliphatic carbocycles. The molecule has 9 heteroatoms. The van der Waals surface area contributed by atoms with Crippen molar-refractivity contribution in [3.05, 3.63) is 51.3 Å². The molecule has 102 valence electrons. The van der Waals surface area contributed by atoms with Gasteiger partial charge in [0.15, 0.2) is 5.84 Å². The molecule has 1 aliphatic rings. The molecule has 0 radical (unpaired) electrons. The second-order valence-electron chi connectivity index (χ2n) is 4.09. The summed E-state index contributed by atoms with van der Waals surface area (Å²) in [6.45, 7) is 0. The fourth-order valence-electron chi connectivity index (χ4n) is 1.89. The third kappa shape index (κ3) is 1.81. The van der Waals surface area contributed by atoms with Gasteiger partial charge in [-0.25, -0.2) is 15.6 Å². The van der Waals surface area contributed by atoms with Crippen LogP contribution in [0, 0.1) is 0 Å². The Morgan fingerprint density at radius 3 is 2.80 bits per heavy atom. The number of hydrazine groups is 1. The largest absolute Gasteiger partial charge is 0.366 e. The van der Waals surface area contributed by atoms with E-state index in [-0.39, 0.29) is 5.84 Å². The minimum Gasteiger partial charge on any atom is -0.366 e. The van der Waals surface area contributed by atoms with Crippen molar-refractivity contribution >= 4 is 17.2 Å². The van der Waals surface area contributed by atoms with Crippen molar-refractivity contribution in [1.82, 2.24) is 14.8 Å². The molecule has 20 heavy (non-hydrogen) atoms. The molecule has 2 aromatic rings. The van der Waals surface area contributed by atoms with Crippen molar-refractivity contribution in [2.24, 2.45) is 10.8 Å². The molecule has 1 aromatic carbocycles. The molecule has 1 unspecified atom stereocenters. The first-order valence-electron chi connectivity index (χ1n) is 5.66. The molecule has 0 bridgehead atoms. The topological polar surface area (TPSA) is 130 Å². The number of nitrogens with zero attached hydrogens (tertiary/aromatic N) is 4. The van der Waals surface area contributed by atoms with Crippen molar-refractivity contribution in [3.8, 4) is 0 Å². The molecule has 0 fully saturated rings. The minimum absolute atomic E-state index is 0.0903. The van der Waals surface area contributed by atoms with E-state index in [0.29, 0.717) is 11.4 Å². The summed E-state index contributed by atoms with van der Waals surface area (Å²) in [6, 6.07) is 6.85. The molecular formula is C11H10N6O3. The number of nitrogens with two attached hydrogens (primary N) is 1. The highest BCUT2D eigenvalue weighted by Gasteiger charge is 2.28. The van der Waals surface area contributed by atoms with Crippen LogP contribution < -0.4 is 22.1 Å². The number of aliphatic imine (C=N–C) groups is 1. The maximum Gasteiger partial charge on any atom is 0.350 e. The lowest BCUT2D eigenvalue weighted by Gasteiger charge is -2.30.